The lowest BCUT2D eigenvalue weighted by atomic mass is 10.2. The Labute approximate surface area is 165 Å². The molecule has 0 bridgehead atoms. The molecule has 0 aliphatic rings. The minimum Gasteiger partial charge on any atom is -0.371 e. The molecule has 0 fully saturated rings. The maximum atomic E-state index is 8.74. The van der Waals surface area contributed by atoms with Gasteiger partial charge in [0.05, 0.1) is 38.4 Å². The first-order chi connectivity index (χ1) is 12.6. The Morgan fingerprint density at radius 1 is 1.15 bits per heavy atom. The van der Waals surface area contributed by atoms with Crippen LogP contribution in [0, 0.1) is 11.3 Å². The summed E-state index contributed by atoms with van der Waals surface area (Å²) in [6, 6.07) is 13.4. The molecule has 0 spiro atoms. The second-order valence-electron chi connectivity index (χ2n) is 5.41. The molecule has 0 aliphatic heterocycles. The van der Waals surface area contributed by atoms with Crippen molar-refractivity contribution >= 4 is 61.3 Å². The van der Waals surface area contributed by atoms with Gasteiger partial charge in [0, 0.05) is 18.8 Å². The molecule has 1 heterocycles. The third kappa shape index (κ3) is 4.13. The molecule has 1 aromatic heterocycles. The number of halogens is 2. The molecule has 0 unspecified atom stereocenters. The van der Waals surface area contributed by atoms with E-state index in [2.05, 4.69) is 33.1 Å². The van der Waals surface area contributed by atoms with E-state index >= 15 is 0 Å². The summed E-state index contributed by atoms with van der Waals surface area (Å²) in [5, 5.41) is 18.7. The number of fused-ring (bicyclic) bond motifs is 1. The third-order valence-electron chi connectivity index (χ3n) is 3.78. The minimum absolute atomic E-state index is 0.490. The Balaban J connectivity index is 1.76. The smallest absolute Gasteiger partial charge is 0.231 e. The molecule has 0 aliphatic carbocycles. The Morgan fingerprint density at radius 2 is 1.92 bits per heavy atom. The summed E-state index contributed by atoms with van der Waals surface area (Å²) < 4.78 is 0.805. The van der Waals surface area contributed by atoms with Gasteiger partial charge in [0.25, 0.3) is 0 Å². The molecule has 0 saturated carbocycles. The summed E-state index contributed by atoms with van der Waals surface area (Å²) in [5.74, 6) is 0. The summed E-state index contributed by atoms with van der Waals surface area (Å²) in [6.45, 7) is 3.62. The van der Waals surface area contributed by atoms with Crippen LogP contribution in [0.4, 0.5) is 16.5 Å². The third-order valence-corrected chi connectivity index (χ3v) is 5.67. The van der Waals surface area contributed by atoms with Crippen molar-refractivity contribution in [3.8, 4) is 6.07 Å². The average Bonchev–Trinajstić information content (AvgIpc) is 3.09. The fraction of sp³-hybridized carbons (Fsp3) is 0.222. The van der Waals surface area contributed by atoms with E-state index in [0.717, 1.165) is 28.1 Å². The van der Waals surface area contributed by atoms with Crippen molar-refractivity contribution in [2.75, 3.05) is 18.0 Å². The van der Waals surface area contributed by atoms with Crippen LogP contribution in [0.15, 0.2) is 46.6 Å². The van der Waals surface area contributed by atoms with Gasteiger partial charge >= 0.3 is 0 Å². The normalized spacial score (nSPS) is 11.2. The average molecular weight is 404 g/mol. The largest absolute Gasteiger partial charge is 0.371 e. The van der Waals surface area contributed by atoms with Gasteiger partial charge in [-0.25, -0.2) is 4.98 Å². The highest BCUT2D eigenvalue weighted by Gasteiger charge is 2.10. The van der Waals surface area contributed by atoms with Crippen LogP contribution < -0.4 is 4.90 Å². The van der Waals surface area contributed by atoms with E-state index in [1.54, 1.807) is 6.07 Å². The second kappa shape index (κ2) is 8.45. The van der Waals surface area contributed by atoms with Crippen LogP contribution >= 0.6 is 34.5 Å². The van der Waals surface area contributed by atoms with Crippen molar-refractivity contribution in [3.05, 3.63) is 46.4 Å². The van der Waals surface area contributed by atoms with E-state index in [-0.39, 0.29) is 0 Å². The summed E-state index contributed by atoms with van der Waals surface area (Å²) in [5.41, 5.74) is 2.54. The molecule has 3 aromatic rings. The highest BCUT2D eigenvalue weighted by molar-refractivity contribution is 7.22. The quantitative estimate of drug-likeness (QED) is 0.427. The Bertz CT molecular complexity index is 976. The molecule has 0 radical (unpaired) electrons. The first-order valence-electron chi connectivity index (χ1n) is 8.00. The van der Waals surface area contributed by atoms with Gasteiger partial charge in [0.1, 0.15) is 0 Å². The van der Waals surface area contributed by atoms with E-state index in [9.17, 15) is 0 Å². The zero-order valence-electron chi connectivity index (χ0n) is 14.0. The number of thiazole rings is 1. The van der Waals surface area contributed by atoms with Crippen LogP contribution in [0.5, 0.6) is 0 Å². The lowest BCUT2D eigenvalue weighted by molar-refractivity contribution is 0.827. The molecule has 0 atom stereocenters. The SMILES string of the molecule is CCN(CCC#N)c1ccc(N=Nc2nc3ccc(Cl)c(Cl)c3s2)cc1. The van der Waals surface area contributed by atoms with Crippen LogP contribution in [0.3, 0.4) is 0 Å². The van der Waals surface area contributed by atoms with Gasteiger partial charge < -0.3 is 4.90 Å². The van der Waals surface area contributed by atoms with Gasteiger partial charge in [-0.2, -0.15) is 5.26 Å². The first kappa shape index (κ1) is 18.6. The van der Waals surface area contributed by atoms with Gasteiger partial charge in [-0.1, -0.05) is 34.5 Å². The Morgan fingerprint density at radius 3 is 2.62 bits per heavy atom. The van der Waals surface area contributed by atoms with Crippen LogP contribution in [-0.4, -0.2) is 18.1 Å². The molecule has 0 amide bonds. The summed E-state index contributed by atoms with van der Waals surface area (Å²) in [6.07, 6.45) is 0.499. The zero-order chi connectivity index (χ0) is 18.5. The molecule has 132 valence electrons. The van der Waals surface area contributed by atoms with Crippen molar-refractivity contribution in [2.45, 2.75) is 13.3 Å². The number of azo groups is 1. The summed E-state index contributed by atoms with van der Waals surface area (Å²) in [7, 11) is 0. The van der Waals surface area contributed by atoms with Crippen molar-refractivity contribution in [1.29, 1.82) is 5.26 Å². The van der Waals surface area contributed by atoms with Crippen molar-refractivity contribution < 1.29 is 0 Å². The molecule has 26 heavy (non-hydrogen) atoms. The first-order valence-corrected chi connectivity index (χ1v) is 9.58. The van der Waals surface area contributed by atoms with Gasteiger partial charge in [0.15, 0.2) is 0 Å². The fourth-order valence-electron chi connectivity index (χ4n) is 2.45. The van der Waals surface area contributed by atoms with E-state index in [4.69, 9.17) is 28.5 Å². The molecule has 0 saturated heterocycles. The fourth-order valence-corrected chi connectivity index (χ4v) is 3.77. The number of rotatable bonds is 6. The van der Waals surface area contributed by atoms with E-state index in [1.807, 2.05) is 30.3 Å². The van der Waals surface area contributed by atoms with Crippen LogP contribution in [0.1, 0.15) is 13.3 Å². The number of benzene rings is 2. The highest BCUT2D eigenvalue weighted by atomic mass is 35.5. The molecule has 5 nitrogen and oxygen atoms in total. The number of nitriles is 1. The van der Waals surface area contributed by atoms with Gasteiger partial charge in [-0.15, -0.1) is 10.2 Å². The molecule has 8 heteroatoms. The lowest BCUT2D eigenvalue weighted by Crippen LogP contribution is -2.23. The Kier molecular flexibility index (Phi) is 6.04. The minimum atomic E-state index is 0.490. The van der Waals surface area contributed by atoms with Crippen molar-refractivity contribution in [1.82, 2.24) is 4.98 Å². The maximum Gasteiger partial charge on any atom is 0.231 e. The van der Waals surface area contributed by atoms with Gasteiger partial charge in [-0.3, -0.25) is 0 Å². The molecular formula is C18H15Cl2N5S. The summed E-state index contributed by atoms with van der Waals surface area (Å²) >= 11 is 13.6. The second-order valence-corrected chi connectivity index (χ2v) is 7.17. The number of hydrogen-bond acceptors (Lipinski definition) is 6. The Hall–Kier alpha value is -2.20. The number of aromatic nitrogens is 1. The van der Waals surface area contributed by atoms with Gasteiger partial charge in [-0.05, 0) is 43.3 Å². The van der Waals surface area contributed by atoms with E-state index < -0.39 is 0 Å². The van der Waals surface area contributed by atoms with E-state index in [0.29, 0.717) is 28.1 Å². The number of hydrogen-bond donors (Lipinski definition) is 0. The zero-order valence-corrected chi connectivity index (χ0v) is 16.3. The number of anilines is 1. The molecular weight excluding hydrogens is 389 g/mol. The van der Waals surface area contributed by atoms with Crippen LogP contribution in [0.2, 0.25) is 10.0 Å². The van der Waals surface area contributed by atoms with Crippen molar-refractivity contribution in [2.24, 2.45) is 10.2 Å². The maximum absolute atomic E-state index is 8.74. The predicted molar refractivity (Wildman–Crippen MR) is 108 cm³/mol. The predicted octanol–water partition coefficient (Wildman–Crippen LogP) is 6.76. The van der Waals surface area contributed by atoms with Crippen molar-refractivity contribution in [3.63, 3.8) is 0 Å². The molecule has 0 N–H and O–H groups in total. The monoisotopic (exact) mass is 403 g/mol. The lowest BCUT2D eigenvalue weighted by Gasteiger charge is -2.21. The highest BCUT2D eigenvalue weighted by Crippen LogP contribution is 2.37. The standard InChI is InChI=1S/C18H15Cl2N5S/c1-2-25(11-3-10-21)13-6-4-12(5-7-13)23-24-18-22-15-9-8-14(19)16(20)17(15)26-18/h4-9H,2-3,11H2,1H3. The van der Waals surface area contributed by atoms with Crippen LogP contribution in [-0.2, 0) is 0 Å². The summed E-state index contributed by atoms with van der Waals surface area (Å²) in [4.78, 5) is 6.54. The molecule has 2 aromatic carbocycles. The van der Waals surface area contributed by atoms with Crippen LogP contribution in [0.25, 0.3) is 10.2 Å². The van der Waals surface area contributed by atoms with Gasteiger partial charge in [0.2, 0.25) is 5.13 Å². The van der Waals surface area contributed by atoms with E-state index in [1.165, 1.54) is 11.3 Å². The molecule has 3 rings (SSSR count). The number of nitrogens with zero attached hydrogens (tertiary/aromatic N) is 5. The topological polar surface area (TPSA) is 64.6 Å².